The molecule has 0 atom stereocenters. The third kappa shape index (κ3) is 2.79. The van der Waals surface area contributed by atoms with Crippen LogP contribution in [0.2, 0.25) is 0 Å². The first-order valence-electron chi connectivity index (χ1n) is 5.54. The molecule has 1 heterocycles. The largest absolute Gasteiger partial charge is 0.416 e. The molecule has 0 bridgehead atoms. The molecule has 8 heteroatoms. The summed E-state index contributed by atoms with van der Waals surface area (Å²) in [7, 11) is 0. The Balaban J connectivity index is 2.18. The van der Waals surface area contributed by atoms with Gasteiger partial charge in [-0.15, -0.1) is 5.06 Å². The Morgan fingerprint density at radius 3 is 2.30 bits per heavy atom. The normalized spacial score (nSPS) is 15.7. The number of benzene rings is 1. The molecular weight excluding hydrogens is 279 g/mol. The van der Waals surface area contributed by atoms with E-state index in [4.69, 9.17) is 0 Å². The summed E-state index contributed by atoms with van der Waals surface area (Å²) in [4.78, 5) is 38.6. The maximum Gasteiger partial charge on any atom is 0.416 e. The minimum Gasteiger partial charge on any atom is -0.325 e. The summed E-state index contributed by atoms with van der Waals surface area (Å²) < 4.78 is 37.5. The molecule has 0 radical (unpaired) electrons. The fraction of sp³-hybridized carbons (Fsp3) is 0.250. The lowest BCUT2D eigenvalue weighted by Crippen LogP contribution is -2.32. The van der Waals surface area contributed by atoms with Crippen molar-refractivity contribution in [3.63, 3.8) is 0 Å². The lowest BCUT2D eigenvalue weighted by Gasteiger charge is -2.13. The average Bonchev–Trinajstić information content (AvgIpc) is 2.69. The van der Waals surface area contributed by atoms with E-state index >= 15 is 0 Å². The molecule has 1 aromatic rings. The molecule has 106 valence electrons. The molecule has 0 saturated carbocycles. The van der Waals surface area contributed by atoms with Crippen molar-refractivity contribution in [1.29, 1.82) is 0 Å². The van der Waals surface area contributed by atoms with Crippen LogP contribution in [0.1, 0.15) is 28.8 Å². The molecule has 1 fully saturated rings. The maximum atomic E-state index is 12.5. The molecule has 1 saturated heterocycles. The van der Waals surface area contributed by atoms with Crippen LogP contribution in [0.5, 0.6) is 0 Å². The predicted molar refractivity (Wildman–Crippen MR) is 57.9 cm³/mol. The Labute approximate surface area is 110 Å². The highest BCUT2D eigenvalue weighted by molar-refractivity contribution is 6.02. The highest BCUT2D eigenvalue weighted by Gasteiger charge is 2.34. The lowest BCUT2D eigenvalue weighted by atomic mass is 10.1. The topological polar surface area (TPSA) is 63.7 Å². The summed E-state index contributed by atoms with van der Waals surface area (Å²) >= 11 is 0. The van der Waals surface area contributed by atoms with Gasteiger partial charge in [0.2, 0.25) is 0 Å². The Kier molecular flexibility index (Phi) is 3.47. The third-order valence-electron chi connectivity index (χ3n) is 2.61. The van der Waals surface area contributed by atoms with Crippen molar-refractivity contribution < 1.29 is 32.4 Å². The molecule has 0 spiro atoms. The zero-order valence-corrected chi connectivity index (χ0v) is 9.94. The summed E-state index contributed by atoms with van der Waals surface area (Å²) in [6.45, 7) is 0. The highest BCUT2D eigenvalue weighted by atomic mass is 19.4. The van der Waals surface area contributed by atoms with Crippen molar-refractivity contribution in [3.05, 3.63) is 35.4 Å². The van der Waals surface area contributed by atoms with Crippen LogP contribution in [0, 0.1) is 0 Å². The minimum atomic E-state index is -4.60. The van der Waals surface area contributed by atoms with E-state index < -0.39 is 35.1 Å². The smallest absolute Gasteiger partial charge is 0.325 e. The molecule has 5 nitrogen and oxygen atoms in total. The molecule has 1 aromatic carbocycles. The standard InChI is InChI=1S/C12H8F3NO4/c13-12(14,15)8-3-1-2-7(6-8)11(19)20-16-9(17)4-5-10(16)18/h1-3,6H,4-5H2. The van der Waals surface area contributed by atoms with Crippen LogP contribution < -0.4 is 0 Å². The monoisotopic (exact) mass is 287 g/mol. The maximum absolute atomic E-state index is 12.5. The Morgan fingerprint density at radius 1 is 1.15 bits per heavy atom. The van der Waals surface area contributed by atoms with Crippen LogP contribution in [0.15, 0.2) is 24.3 Å². The Hall–Kier alpha value is -2.38. The van der Waals surface area contributed by atoms with E-state index in [-0.39, 0.29) is 17.9 Å². The quantitative estimate of drug-likeness (QED) is 0.780. The van der Waals surface area contributed by atoms with Gasteiger partial charge in [0.1, 0.15) is 0 Å². The zero-order valence-electron chi connectivity index (χ0n) is 9.94. The van der Waals surface area contributed by atoms with Crippen LogP contribution in [0.4, 0.5) is 13.2 Å². The van der Waals surface area contributed by atoms with E-state index in [1.807, 2.05) is 0 Å². The van der Waals surface area contributed by atoms with Crippen molar-refractivity contribution in [2.24, 2.45) is 0 Å². The fourth-order valence-corrected chi connectivity index (χ4v) is 1.62. The SMILES string of the molecule is O=C(ON1C(=O)CCC1=O)c1cccc(C(F)(F)F)c1. The average molecular weight is 287 g/mol. The number of amides is 2. The number of carbonyl (C=O) groups is 3. The molecule has 20 heavy (non-hydrogen) atoms. The summed E-state index contributed by atoms with van der Waals surface area (Å²) in [5.41, 5.74) is -1.42. The van der Waals surface area contributed by atoms with Gasteiger partial charge in [0, 0.05) is 12.8 Å². The van der Waals surface area contributed by atoms with Gasteiger partial charge in [0.05, 0.1) is 11.1 Å². The molecule has 1 aliphatic heterocycles. The van der Waals surface area contributed by atoms with Gasteiger partial charge in [0.15, 0.2) is 0 Å². The highest BCUT2D eigenvalue weighted by Crippen LogP contribution is 2.29. The van der Waals surface area contributed by atoms with Crippen molar-refractivity contribution in [1.82, 2.24) is 5.06 Å². The number of carbonyl (C=O) groups excluding carboxylic acids is 3. The number of rotatable bonds is 2. The second kappa shape index (κ2) is 4.95. The number of imide groups is 1. The van der Waals surface area contributed by atoms with Gasteiger partial charge in [0.25, 0.3) is 11.8 Å². The number of alkyl halides is 3. The van der Waals surface area contributed by atoms with Crippen molar-refractivity contribution >= 4 is 17.8 Å². The second-order valence-corrected chi connectivity index (χ2v) is 4.04. The predicted octanol–water partition coefficient (Wildman–Crippen LogP) is 1.93. The summed E-state index contributed by atoms with van der Waals surface area (Å²) in [5, 5.41) is 0.280. The molecule has 0 aromatic heterocycles. The van der Waals surface area contributed by atoms with Gasteiger partial charge in [-0.2, -0.15) is 13.2 Å². The Morgan fingerprint density at radius 2 is 1.75 bits per heavy atom. The lowest BCUT2D eigenvalue weighted by molar-refractivity contribution is -0.172. The first-order chi connectivity index (χ1) is 9.29. The van der Waals surface area contributed by atoms with Gasteiger partial charge in [-0.05, 0) is 18.2 Å². The van der Waals surface area contributed by atoms with Crippen molar-refractivity contribution in [3.8, 4) is 0 Å². The van der Waals surface area contributed by atoms with Crippen LogP contribution in [-0.4, -0.2) is 22.8 Å². The molecule has 0 unspecified atom stereocenters. The van der Waals surface area contributed by atoms with Gasteiger partial charge in [-0.1, -0.05) is 6.07 Å². The van der Waals surface area contributed by atoms with Gasteiger partial charge >= 0.3 is 12.1 Å². The summed E-state index contributed by atoms with van der Waals surface area (Å²) in [6, 6.07) is 3.52. The van der Waals surface area contributed by atoms with E-state index in [0.717, 1.165) is 18.2 Å². The van der Waals surface area contributed by atoms with Crippen molar-refractivity contribution in [2.45, 2.75) is 19.0 Å². The van der Waals surface area contributed by atoms with Crippen LogP contribution in [0.25, 0.3) is 0 Å². The van der Waals surface area contributed by atoms with Gasteiger partial charge in [-0.3, -0.25) is 9.59 Å². The molecule has 2 amide bonds. The molecular formula is C12H8F3NO4. The molecule has 2 rings (SSSR count). The fourth-order valence-electron chi connectivity index (χ4n) is 1.62. The second-order valence-electron chi connectivity index (χ2n) is 4.04. The third-order valence-corrected chi connectivity index (χ3v) is 2.61. The molecule has 0 N–H and O–H groups in total. The van der Waals surface area contributed by atoms with E-state index in [1.165, 1.54) is 0 Å². The van der Waals surface area contributed by atoms with E-state index in [9.17, 15) is 27.6 Å². The molecule has 1 aliphatic rings. The van der Waals surface area contributed by atoms with Crippen LogP contribution in [-0.2, 0) is 20.6 Å². The van der Waals surface area contributed by atoms with E-state index in [2.05, 4.69) is 4.84 Å². The van der Waals surface area contributed by atoms with E-state index in [1.54, 1.807) is 0 Å². The molecule has 0 aliphatic carbocycles. The number of halogens is 3. The number of nitrogens with zero attached hydrogens (tertiary/aromatic N) is 1. The summed E-state index contributed by atoms with van der Waals surface area (Å²) in [6.07, 6.45) is -4.78. The number of hydrogen-bond acceptors (Lipinski definition) is 4. The first-order valence-corrected chi connectivity index (χ1v) is 5.54. The zero-order chi connectivity index (χ0) is 14.9. The minimum absolute atomic E-state index is 0.0886. The van der Waals surface area contributed by atoms with Gasteiger partial charge < -0.3 is 4.84 Å². The Bertz CT molecular complexity index is 566. The summed E-state index contributed by atoms with van der Waals surface area (Å²) in [5.74, 6) is -2.59. The number of hydroxylamine groups is 2. The number of hydrogen-bond donors (Lipinski definition) is 0. The van der Waals surface area contributed by atoms with Crippen LogP contribution >= 0.6 is 0 Å². The van der Waals surface area contributed by atoms with Crippen molar-refractivity contribution in [2.75, 3.05) is 0 Å². The van der Waals surface area contributed by atoms with Gasteiger partial charge in [-0.25, -0.2) is 4.79 Å². The first kappa shape index (κ1) is 14.0. The van der Waals surface area contributed by atoms with E-state index in [0.29, 0.717) is 6.07 Å². The van der Waals surface area contributed by atoms with Crippen LogP contribution in [0.3, 0.4) is 0 Å².